The number of benzene rings is 2. The lowest BCUT2D eigenvalue weighted by Crippen LogP contribution is -2.29. The van der Waals surface area contributed by atoms with Crippen molar-refractivity contribution in [2.45, 2.75) is 13.3 Å². The van der Waals surface area contributed by atoms with Crippen LogP contribution in [0.2, 0.25) is 5.02 Å². The minimum atomic E-state index is -0.128. The summed E-state index contributed by atoms with van der Waals surface area (Å²) in [6, 6.07) is 17.0. The number of hydrogen-bond donors (Lipinski definition) is 1. The number of halogens is 1. The first kappa shape index (κ1) is 16.5. The molecule has 2 heterocycles. The molecule has 1 aromatic heterocycles. The highest BCUT2D eigenvalue weighted by atomic mass is 35.5. The zero-order valence-electron chi connectivity index (χ0n) is 14.2. The molecule has 3 aromatic rings. The highest BCUT2D eigenvalue weighted by Gasteiger charge is 2.26. The van der Waals surface area contributed by atoms with Gasteiger partial charge in [-0.25, -0.2) is 0 Å². The van der Waals surface area contributed by atoms with Crippen LogP contribution in [0.15, 0.2) is 54.6 Å². The van der Waals surface area contributed by atoms with Gasteiger partial charge in [0, 0.05) is 22.9 Å². The number of aromatic nitrogens is 2. The van der Waals surface area contributed by atoms with E-state index in [0.717, 1.165) is 23.4 Å². The van der Waals surface area contributed by atoms with Gasteiger partial charge in [0.1, 0.15) is 0 Å². The second-order valence-corrected chi connectivity index (χ2v) is 6.66. The lowest BCUT2D eigenvalue weighted by molar-refractivity contribution is 0.0983. The minimum absolute atomic E-state index is 0.128. The summed E-state index contributed by atoms with van der Waals surface area (Å²) < 4.78 is 0. The van der Waals surface area contributed by atoms with Crippen molar-refractivity contribution in [1.82, 2.24) is 10.2 Å². The predicted molar refractivity (Wildman–Crippen MR) is 103 cm³/mol. The van der Waals surface area contributed by atoms with Crippen LogP contribution in [0, 0.1) is 6.92 Å². The number of carbonyl (C=O) groups is 1. The van der Waals surface area contributed by atoms with Crippen LogP contribution in [0.5, 0.6) is 0 Å². The molecule has 1 N–H and O–H groups in total. The topological polar surface area (TPSA) is 58.1 Å². The van der Waals surface area contributed by atoms with E-state index in [0.29, 0.717) is 23.1 Å². The summed E-state index contributed by atoms with van der Waals surface area (Å²) >= 11 is 5.98. The van der Waals surface area contributed by atoms with Gasteiger partial charge in [-0.3, -0.25) is 4.79 Å². The highest BCUT2D eigenvalue weighted by molar-refractivity contribution is 6.30. The van der Waals surface area contributed by atoms with Crippen LogP contribution in [-0.4, -0.2) is 22.6 Å². The molecular formula is C20H17ClN4O. The van der Waals surface area contributed by atoms with Crippen molar-refractivity contribution in [3.8, 4) is 0 Å². The average Bonchev–Trinajstić information content (AvgIpc) is 3.08. The van der Waals surface area contributed by atoms with Crippen LogP contribution in [0.4, 0.5) is 17.2 Å². The molecule has 0 atom stereocenters. The van der Waals surface area contributed by atoms with Crippen LogP contribution in [0.25, 0.3) is 0 Å². The fraction of sp³-hybridized carbons (Fsp3) is 0.150. The first-order valence-corrected chi connectivity index (χ1v) is 8.76. The van der Waals surface area contributed by atoms with Crippen molar-refractivity contribution >= 4 is 34.7 Å². The van der Waals surface area contributed by atoms with E-state index in [4.69, 9.17) is 11.6 Å². The van der Waals surface area contributed by atoms with Gasteiger partial charge in [0.2, 0.25) is 0 Å². The largest absolute Gasteiger partial charge is 0.339 e. The van der Waals surface area contributed by atoms with Gasteiger partial charge in [-0.1, -0.05) is 29.8 Å². The van der Waals surface area contributed by atoms with Crippen LogP contribution in [-0.2, 0) is 6.42 Å². The van der Waals surface area contributed by atoms with Crippen LogP contribution in [0.1, 0.15) is 21.6 Å². The Morgan fingerprint density at radius 2 is 1.96 bits per heavy atom. The minimum Gasteiger partial charge on any atom is -0.339 e. The molecular weight excluding hydrogens is 348 g/mol. The Hall–Kier alpha value is -2.92. The maximum absolute atomic E-state index is 12.8. The van der Waals surface area contributed by atoms with E-state index in [2.05, 4.69) is 21.6 Å². The molecule has 130 valence electrons. The van der Waals surface area contributed by atoms with Crippen molar-refractivity contribution in [2.75, 3.05) is 16.8 Å². The molecule has 4 rings (SSSR count). The predicted octanol–water partition coefficient (Wildman–Crippen LogP) is 4.38. The number of para-hydroxylation sites is 1. The highest BCUT2D eigenvalue weighted by Crippen LogP contribution is 2.28. The molecule has 0 bridgehead atoms. The van der Waals surface area contributed by atoms with E-state index in [-0.39, 0.29) is 5.91 Å². The summed E-state index contributed by atoms with van der Waals surface area (Å²) in [6.07, 6.45) is 0.866. The first-order valence-electron chi connectivity index (χ1n) is 8.38. The van der Waals surface area contributed by atoms with E-state index in [1.165, 1.54) is 5.56 Å². The number of amides is 1. The van der Waals surface area contributed by atoms with Crippen molar-refractivity contribution in [3.63, 3.8) is 0 Å². The summed E-state index contributed by atoms with van der Waals surface area (Å²) in [4.78, 5) is 14.5. The Balaban J connectivity index is 1.52. The Morgan fingerprint density at radius 1 is 1.12 bits per heavy atom. The molecule has 1 amide bonds. The fourth-order valence-electron chi connectivity index (χ4n) is 3.11. The Morgan fingerprint density at radius 3 is 2.73 bits per heavy atom. The van der Waals surface area contributed by atoms with Crippen LogP contribution >= 0.6 is 11.6 Å². The van der Waals surface area contributed by atoms with Gasteiger partial charge >= 0.3 is 0 Å². The van der Waals surface area contributed by atoms with Gasteiger partial charge in [-0.2, -0.15) is 0 Å². The molecule has 0 saturated carbocycles. The Labute approximate surface area is 156 Å². The third-order valence-electron chi connectivity index (χ3n) is 4.47. The quantitative estimate of drug-likeness (QED) is 0.749. The van der Waals surface area contributed by atoms with Gasteiger partial charge in [0.25, 0.3) is 5.91 Å². The molecule has 0 saturated heterocycles. The normalized spacial score (nSPS) is 12.8. The van der Waals surface area contributed by atoms with E-state index in [1.54, 1.807) is 17.0 Å². The van der Waals surface area contributed by atoms with Gasteiger partial charge < -0.3 is 10.2 Å². The summed E-state index contributed by atoms with van der Waals surface area (Å²) in [6.45, 7) is 2.63. The van der Waals surface area contributed by atoms with E-state index < -0.39 is 0 Å². The van der Waals surface area contributed by atoms with Crippen molar-refractivity contribution in [2.24, 2.45) is 0 Å². The van der Waals surface area contributed by atoms with E-state index >= 15 is 0 Å². The first-order chi connectivity index (χ1) is 12.6. The molecule has 0 unspecified atom stereocenters. The monoisotopic (exact) mass is 364 g/mol. The molecule has 6 heteroatoms. The number of rotatable bonds is 3. The summed E-state index contributed by atoms with van der Waals surface area (Å²) in [5, 5.41) is 12.1. The molecule has 0 spiro atoms. The van der Waals surface area contributed by atoms with Crippen LogP contribution in [0.3, 0.4) is 0 Å². The number of carbonyl (C=O) groups excluding carboxylic acids is 1. The number of hydrogen-bond acceptors (Lipinski definition) is 4. The number of anilines is 3. The summed E-state index contributed by atoms with van der Waals surface area (Å²) in [5.74, 6) is 0.450. The molecule has 1 aliphatic heterocycles. The fourth-order valence-corrected chi connectivity index (χ4v) is 3.33. The zero-order chi connectivity index (χ0) is 18.1. The second-order valence-electron chi connectivity index (χ2n) is 6.22. The van der Waals surface area contributed by atoms with Crippen LogP contribution < -0.4 is 10.2 Å². The molecule has 2 aromatic carbocycles. The van der Waals surface area contributed by atoms with Gasteiger partial charge in [-0.05, 0) is 60.9 Å². The standard InChI is InChI=1S/C20H17ClN4O/c1-13-12-15(21)6-7-16(13)22-19-9-8-17(23-24-19)20(26)25-11-10-14-4-2-3-5-18(14)25/h2-9,12H,10-11H2,1H3,(H,22,24). The van der Waals surface area contributed by atoms with Crippen molar-refractivity contribution < 1.29 is 4.79 Å². The number of nitrogens with zero attached hydrogens (tertiary/aromatic N) is 3. The maximum Gasteiger partial charge on any atom is 0.278 e. The second kappa shape index (κ2) is 6.77. The average molecular weight is 365 g/mol. The number of fused-ring (bicyclic) bond motifs is 1. The Bertz CT molecular complexity index is 972. The third-order valence-corrected chi connectivity index (χ3v) is 4.70. The molecule has 0 radical (unpaired) electrons. The van der Waals surface area contributed by atoms with Crippen molar-refractivity contribution in [3.05, 3.63) is 76.4 Å². The third kappa shape index (κ3) is 3.13. The maximum atomic E-state index is 12.8. The lowest BCUT2D eigenvalue weighted by atomic mass is 10.2. The number of nitrogens with one attached hydrogen (secondary N) is 1. The molecule has 1 aliphatic rings. The molecule has 5 nitrogen and oxygen atoms in total. The smallest absolute Gasteiger partial charge is 0.278 e. The van der Waals surface area contributed by atoms with Gasteiger partial charge in [0.05, 0.1) is 0 Å². The molecule has 0 aliphatic carbocycles. The lowest BCUT2D eigenvalue weighted by Gasteiger charge is -2.16. The summed E-state index contributed by atoms with van der Waals surface area (Å²) in [7, 11) is 0. The molecule has 0 fully saturated rings. The van der Waals surface area contributed by atoms with Gasteiger partial charge in [-0.15, -0.1) is 10.2 Å². The Kier molecular flexibility index (Phi) is 4.31. The summed E-state index contributed by atoms with van der Waals surface area (Å²) in [5.41, 5.74) is 4.38. The number of aryl methyl sites for hydroxylation is 1. The van der Waals surface area contributed by atoms with Crippen molar-refractivity contribution in [1.29, 1.82) is 0 Å². The zero-order valence-corrected chi connectivity index (χ0v) is 15.0. The van der Waals surface area contributed by atoms with Gasteiger partial charge in [0.15, 0.2) is 11.5 Å². The molecule has 26 heavy (non-hydrogen) atoms. The SMILES string of the molecule is Cc1cc(Cl)ccc1Nc1ccc(C(=O)N2CCc3ccccc32)nn1. The van der Waals surface area contributed by atoms with E-state index in [1.807, 2.05) is 43.3 Å². The van der Waals surface area contributed by atoms with E-state index in [9.17, 15) is 4.79 Å².